The average Bonchev–Trinajstić information content (AvgIpc) is 2.44. The lowest BCUT2D eigenvalue weighted by Gasteiger charge is -2.29. The lowest BCUT2D eigenvalue weighted by atomic mass is 9.94. The SMILES string of the molecule is CN1CCCC(CNC(=O)CCC2CCCNC2)C1. The molecule has 0 spiro atoms. The van der Waals surface area contributed by atoms with Gasteiger partial charge in [-0.1, -0.05) is 0 Å². The summed E-state index contributed by atoms with van der Waals surface area (Å²) in [4.78, 5) is 14.2. The topological polar surface area (TPSA) is 44.4 Å². The number of amides is 1. The largest absolute Gasteiger partial charge is 0.356 e. The van der Waals surface area contributed by atoms with Gasteiger partial charge in [0.05, 0.1) is 0 Å². The van der Waals surface area contributed by atoms with E-state index in [9.17, 15) is 4.79 Å². The number of piperidine rings is 2. The van der Waals surface area contributed by atoms with Crippen LogP contribution in [0.25, 0.3) is 0 Å². The van der Waals surface area contributed by atoms with Gasteiger partial charge in [0, 0.05) is 19.5 Å². The van der Waals surface area contributed by atoms with Crippen LogP contribution in [-0.2, 0) is 4.79 Å². The maximum Gasteiger partial charge on any atom is 0.220 e. The predicted molar refractivity (Wildman–Crippen MR) is 78.1 cm³/mol. The Balaban J connectivity index is 1.56. The number of nitrogens with zero attached hydrogens (tertiary/aromatic N) is 1. The van der Waals surface area contributed by atoms with Gasteiger partial charge in [-0.25, -0.2) is 0 Å². The van der Waals surface area contributed by atoms with E-state index in [-0.39, 0.29) is 5.91 Å². The lowest BCUT2D eigenvalue weighted by Crippen LogP contribution is -2.39. The molecule has 0 aromatic carbocycles. The second-order valence-corrected chi connectivity index (χ2v) is 6.33. The molecule has 2 rings (SSSR count). The average molecular weight is 267 g/mol. The van der Waals surface area contributed by atoms with E-state index in [1.54, 1.807) is 0 Å². The highest BCUT2D eigenvalue weighted by atomic mass is 16.1. The molecule has 2 N–H and O–H groups in total. The van der Waals surface area contributed by atoms with Crippen LogP contribution >= 0.6 is 0 Å². The van der Waals surface area contributed by atoms with Gasteiger partial charge in [0.1, 0.15) is 0 Å². The second-order valence-electron chi connectivity index (χ2n) is 6.33. The Labute approximate surface area is 117 Å². The standard InChI is InChI=1S/C15H29N3O/c1-18-9-3-5-14(12-18)11-17-15(19)7-6-13-4-2-8-16-10-13/h13-14,16H,2-12H2,1H3,(H,17,19). The van der Waals surface area contributed by atoms with Crippen LogP contribution in [0.5, 0.6) is 0 Å². The van der Waals surface area contributed by atoms with Crippen molar-refractivity contribution < 1.29 is 4.79 Å². The van der Waals surface area contributed by atoms with Crippen molar-refractivity contribution >= 4 is 5.91 Å². The number of carbonyl (C=O) groups excluding carboxylic acids is 1. The van der Waals surface area contributed by atoms with Crippen LogP contribution in [0.1, 0.15) is 38.5 Å². The van der Waals surface area contributed by atoms with Crippen molar-refractivity contribution in [3.63, 3.8) is 0 Å². The third-order valence-corrected chi connectivity index (χ3v) is 4.49. The minimum absolute atomic E-state index is 0.249. The van der Waals surface area contributed by atoms with Crippen molar-refractivity contribution in [2.45, 2.75) is 38.5 Å². The zero-order valence-electron chi connectivity index (χ0n) is 12.3. The first-order valence-corrected chi connectivity index (χ1v) is 7.90. The Morgan fingerprint density at radius 3 is 2.89 bits per heavy atom. The molecule has 0 aromatic rings. The van der Waals surface area contributed by atoms with Crippen molar-refractivity contribution in [2.24, 2.45) is 11.8 Å². The molecule has 2 heterocycles. The fraction of sp³-hybridized carbons (Fsp3) is 0.933. The van der Waals surface area contributed by atoms with Crippen LogP contribution in [0.2, 0.25) is 0 Å². The summed E-state index contributed by atoms with van der Waals surface area (Å²) in [6, 6.07) is 0. The van der Waals surface area contributed by atoms with E-state index in [0.717, 1.165) is 32.6 Å². The van der Waals surface area contributed by atoms with Crippen LogP contribution < -0.4 is 10.6 Å². The highest BCUT2D eigenvalue weighted by Gasteiger charge is 2.18. The van der Waals surface area contributed by atoms with Crippen LogP contribution in [0, 0.1) is 11.8 Å². The van der Waals surface area contributed by atoms with Crippen LogP contribution in [0.15, 0.2) is 0 Å². The third kappa shape index (κ3) is 5.49. The molecular formula is C15H29N3O. The maximum atomic E-state index is 11.9. The quantitative estimate of drug-likeness (QED) is 0.787. The second kappa shape index (κ2) is 7.85. The van der Waals surface area contributed by atoms with Gasteiger partial charge in [-0.05, 0) is 70.6 Å². The molecule has 4 nitrogen and oxygen atoms in total. The van der Waals surface area contributed by atoms with Crippen molar-refractivity contribution in [3.05, 3.63) is 0 Å². The Morgan fingerprint density at radius 2 is 2.16 bits per heavy atom. The first-order chi connectivity index (χ1) is 9.24. The van der Waals surface area contributed by atoms with E-state index in [2.05, 4.69) is 22.6 Å². The van der Waals surface area contributed by atoms with E-state index >= 15 is 0 Å². The number of carbonyl (C=O) groups is 1. The minimum Gasteiger partial charge on any atom is -0.356 e. The third-order valence-electron chi connectivity index (χ3n) is 4.49. The van der Waals surface area contributed by atoms with Crippen molar-refractivity contribution in [2.75, 3.05) is 39.8 Å². The molecule has 1 amide bonds. The molecule has 2 aliphatic rings. The molecular weight excluding hydrogens is 238 g/mol. The summed E-state index contributed by atoms with van der Waals surface area (Å²) < 4.78 is 0. The number of hydrogen-bond acceptors (Lipinski definition) is 3. The van der Waals surface area contributed by atoms with Crippen LogP contribution in [0.4, 0.5) is 0 Å². The van der Waals surface area contributed by atoms with E-state index in [1.165, 1.54) is 32.2 Å². The summed E-state index contributed by atoms with van der Waals surface area (Å²) in [5.74, 6) is 1.61. The molecule has 0 bridgehead atoms. The van der Waals surface area contributed by atoms with Gasteiger partial charge < -0.3 is 15.5 Å². The molecule has 2 aliphatic heterocycles. The van der Waals surface area contributed by atoms with Crippen molar-refractivity contribution in [1.82, 2.24) is 15.5 Å². The van der Waals surface area contributed by atoms with E-state index in [1.807, 2.05) is 0 Å². The summed E-state index contributed by atoms with van der Waals surface area (Å²) in [6.07, 6.45) is 6.83. The summed E-state index contributed by atoms with van der Waals surface area (Å²) in [6.45, 7) is 5.45. The molecule has 2 fully saturated rings. The zero-order valence-corrected chi connectivity index (χ0v) is 12.3. The van der Waals surface area contributed by atoms with Gasteiger partial charge in [0.2, 0.25) is 5.91 Å². The monoisotopic (exact) mass is 267 g/mol. The summed E-state index contributed by atoms with van der Waals surface area (Å²) in [5, 5.41) is 6.54. The molecule has 110 valence electrons. The molecule has 0 aromatic heterocycles. The molecule has 0 aliphatic carbocycles. The fourth-order valence-corrected chi connectivity index (χ4v) is 3.29. The molecule has 0 radical (unpaired) electrons. The summed E-state index contributed by atoms with van der Waals surface area (Å²) in [5.41, 5.74) is 0. The number of hydrogen-bond donors (Lipinski definition) is 2. The summed E-state index contributed by atoms with van der Waals surface area (Å²) >= 11 is 0. The molecule has 2 saturated heterocycles. The number of nitrogens with one attached hydrogen (secondary N) is 2. The van der Waals surface area contributed by atoms with Crippen molar-refractivity contribution in [1.29, 1.82) is 0 Å². The molecule has 19 heavy (non-hydrogen) atoms. The van der Waals surface area contributed by atoms with Gasteiger partial charge in [-0.15, -0.1) is 0 Å². The fourth-order valence-electron chi connectivity index (χ4n) is 3.29. The van der Waals surface area contributed by atoms with E-state index in [0.29, 0.717) is 18.3 Å². The van der Waals surface area contributed by atoms with Gasteiger partial charge in [-0.3, -0.25) is 4.79 Å². The molecule has 2 atom stereocenters. The number of rotatable bonds is 5. The maximum absolute atomic E-state index is 11.9. The normalized spacial score (nSPS) is 29.1. The molecule has 0 saturated carbocycles. The summed E-state index contributed by atoms with van der Waals surface area (Å²) in [7, 11) is 2.17. The molecule has 2 unspecified atom stereocenters. The highest BCUT2D eigenvalue weighted by Crippen LogP contribution is 2.16. The lowest BCUT2D eigenvalue weighted by molar-refractivity contribution is -0.121. The smallest absolute Gasteiger partial charge is 0.220 e. The minimum atomic E-state index is 0.249. The predicted octanol–water partition coefficient (Wildman–Crippen LogP) is 1.22. The van der Waals surface area contributed by atoms with Crippen LogP contribution in [-0.4, -0.2) is 50.6 Å². The van der Waals surface area contributed by atoms with Gasteiger partial charge in [0.25, 0.3) is 0 Å². The molecule has 4 heteroatoms. The first-order valence-electron chi connectivity index (χ1n) is 7.90. The van der Waals surface area contributed by atoms with Crippen molar-refractivity contribution in [3.8, 4) is 0 Å². The van der Waals surface area contributed by atoms with Gasteiger partial charge >= 0.3 is 0 Å². The zero-order chi connectivity index (χ0) is 13.5. The highest BCUT2D eigenvalue weighted by molar-refractivity contribution is 5.75. The Kier molecular flexibility index (Phi) is 6.11. The Bertz CT molecular complexity index is 277. The van der Waals surface area contributed by atoms with Gasteiger partial charge in [0.15, 0.2) is 0 Å². The first kappa shape index (κ1) is 14.8. The van der Waals surface area contributed by atoms with E-state index < -0.39 is 0 Å². The Morgan fingerprint density at radius 1 is 1.32 bits per heavy atom. The van der Waals surface area contributed by atoms with E-state index in [4.69, 9.17) is 0 Å². The Hall–Kier alpha value is -0.610. The van der Waals surface area contributed by atoms with Gasteiger partial charge in [-0.2, -0.15) is 0 Å². The van der Waals surface area contributed by atoms with Crippen LogP contribution in [0.3, 0.4) is 0 Å². The number of likely N-dealkylation sites (tertiary alicyclic amines) is 1.